The molecule has 39 heavy (non-hydrogen) atoms. The number of methoxy groups -OCH3 is 2. The van der Waals surface area contributed by atoms with Gasteiger partial charge in [-0.25, -0.2) is 24.9 Å². The Morgan fingerprint density at radius 2 is 2.00 bits per heavy atom. The molecule has 1 atom stereocenters. The molecule has 3 aromatic heterocycles. The summed E-state index contributed by atoms with van der Waals surface area (Å²) in [5, 5.41) is 14.4. The number of hydrogen-bond acceptors (Lipinski definition) is 9. The van der Waals surface area contributed by atoms with Gasteiger partial charge in [-0.05, 0) is 24.3 Å². The first-order valence-corrected chi connectivity index (χ1v) is 12.4. The van der Waals surface area contributed by atoms with E-state index >= 15 is 0 Å². The minimum atomic E-state index is -1.26. The highest BCUT2D eigenvalue weighted by Gasteiger charge is 2.37. The van der Waals surface area contributed by atoms with Gasteiger partial charge in [0.2, 0.25) is 0 Å². The number of imidazole rings is 1. The topological polar surface area (TPSA) is 120 Å². The largest absolute Gasteiger partial charge is 0.497 e. The number of aliphatic hydroxyl groups is 1. The van der Waals surface area contributed by atoms with Crippen molar-refractivity contribution in [3.63, 3.8) is 0 Å². The summed E-state index contributed by atoms with van der Waals surface area (Å²) in [7, 11) is 3.24. The number of benzene rings is 2. The number of hydrogen-bond donors (Lipinski definition) is 2. The molecule has 5 aromatic rings. The van der Waals surface area contributed by atoms with Crippen molar-refractivity contribution in [2.75, 3.05) is 19.5 Å². The molecule has 0 spiro atoms. The Bertz CT molecular complexity index is 1740. The van der Waals surface area contributed by atoms with Gasteiger partial charge in [-0.15, -0.1) is 0 Å². The van der Waals surface area contributed by atoms with E-state index in [9.17, 15) is 5.11 Å². The summed E-state index contributed by atoms with van der Waals surface area (Å²) < 4.78 is 12.7. The first kappa shape index (κ1) is 24.3. The highest BCUT2D eigenvalue weighted by atomic mass is 16.5. The van der Waals surface area contributed by atoms with Gasteiger partial charge in [0.1, 0.15) is 28.9 Å². The van der Waals surface area contributed by atoms with Crippen molar-refractivity contribution >= 4 is 16.9 Å². The number of aryl methyl sites for hydroxylation is 1. The van der Waals surface area contributed by atoms with Crippen LogP contribution in [0.25, 0.3) is 22.4 Å². The Morgan fingerprint density at radius 3 is 2.87 bits per heavy atom. The number of fused-ring (bicyclic) bond motifs is 2. The molecule has 1 unspecified atom stereocenters. The van der Waals surface area contributed by atoms with Crippen LogP contribution in [-0.4, -0.2) is 48.8 Å². The van der Waals surface area contributed by atoms with Crippen LogP contribution >= 0.6 is 0 Å². The Balaban J connectivity index is 1.28. The number of anilines is 1. The van der Waals surface area contributed by atoms with Crippen molar-refractivity contribution in [3.05, 3.63) is 84.3 Å². The van der Waals surface area contributed by atoms with Gasteiger partial charge in [0.05, 0.1) is 20.4 Å². The standard InChI is InChI=1S/C29H25N7O3/c1-38-22-7-6-21(24(15-22)39-2)16-31-27-25-23(33-18-34-27)17-32-26(35-25)20-5-3-4-19(14-20)8-9-29(37)10-12-36-13-11-30-28(29)36/h3-7,11,13-15,17-18,37H,10,12,16H2,1-2H3,(H,31,33,34). The number of nitrogens with zero attached hydrogens (tertiary/aromatic N) is 6. The summed E-state index contributed by atoms with van der Waals surface area (Å²) in [6.07, 6.45) is 7.20. The minimum Gasteiger partial charge on any atom is -0.497 e. The zero-order valence-electron chi connectivity index (χ0n) is 21.4. The van der Waals surface area contributed by atoms with Crippen molar-refractivity contribution in [1.82, 2.24) is 29.5 Å². The zero-order valence-corrected chi connectivity index (χ0v) is 21.4. The molecule has 10 nitrogen and oxygen atoms in total. The van der Waals surface area contributed by atoms with Crippen LogP contribution in [0.4, 0.5) is 5.82 Å². The van der Waals surface area contributed by atoms with Gasteiger partial charge in [0.25, 0.3) is 0 Å². The summed E-state index contributed by atoms with van der Waals surface area (Å²) in [4.78, 5) is 22.3. The number of nitrogens with one attached hydrogen (secondary N) is 1. The van der Waals surface area contributed by atoms with Gasteiger partial charge in [-0.1, -0.05) is 24.0 Å². The van der Waals surface area contributed by atoms with E-state index in [0.717, 1.165) is 22.4 Å². The molecule has 0 saturated heterocycles. The lowest BCUT2D eigenvalue weighted by molar-refractivity contribution is 0.0980. The Labute approximate surface area is 224 Å². The smallest absolute Gasteiger partial charge is 0.185 e. The monoisotopic (exact) mass is 519 g/mol. The fraction of sp³-hybridized carbons (Fsp3) is 0.207. The molecule has 0 bridgehead atoms. The second-order valence-corrected chi connectivity index (χ2v) is 9.07. The summed E-state index contributed by atoms with van der Waals surface area (Å²) in [5.74, 6) is 9.22. The van der Waals surface area contributed by atoms with Crippen LogP contribution in [-0.2, 0) is 18.7 Å². The molecule has 10 heteroatoms. The van der Waals surface area contributed by atoms with E-state index in [0.29, 0.717) is 53.8 Å². The molecule has 0 aliphatic carbocycles. The normalized spacial score (nSPS) is 15.9. The van der Waals surface area contributed by atoms with Crippen LogP contribution in [0.3, 0.4) is 0 Å². The van der Waals surface area contributed by atoms with E-state index < -0.39 is 5.60 Å². The van der Waals surface area contributed by atoms with E-state index in [1.54, 1.807) is 26.6 Å². The molecule has 0 fully saturated rings. The molecule has 0 radical (unpaired) electrons. The summed E-state index contributed by atoms with van der Waals surface area (Å²) in [6, 6.07) is 13.3. The molecule has 194 valence electrons. The lowest BCUT2D eigenvalue weighted by atomic mass is 10.0. The number of ether oxygens (including phenoxy) is 2. The molecular weight excluding hydrogens is 494 g/mol. The maximum absolute atomic E-state index is 11.0. The average Bonchev–Trinajstić information content (AvgIpc) is 3.59. The molecule has 1 aliphatic rings. The predicted molar refractivity (Wildman–Crippen MR) is 145 cm³/mol. The molecule has 4 heterocycles. The van der Waals surface area contributed by atoms with Crippen molar-refractivity contribution < 1.29 is 14.6 Å². The maximum atomic E-state index is 11.0. The molecular formula is C29H25N7O3. The Kier molecular flexibility index (Phi) is 6.26. The van der Waals surface area contributed by atoms with E-state index in [4.69, 9.17) is 14.5 Å². The lowest BCUT2D eigenvalue weighted by Gasteiger charge is -2.13. The number of aromatic nitrogens is 6. The molecule has 0 amide bonds. The van der Waals surface area contributed by atoms with Crippen LogP contribution < -0.4 is 14.8 Å². The van der Waals surface area contributed by atoms with Gasteiger partial charge in [-0.3, -0.25) is 0 Å². The zero-order chi connectivity index (χ0) is 26.8. The molecule has 6 rings (SSSR count). The fourth-order valence-corrected chi connectivity index (χ4v) is 4.58. The third kappa shape index (κ3) is 4.71. The van der Waals surface area contributed by atoms with Gasteiger partial charge in [0, 0.05) is 54.7 Å². The third-order valence-electron chi connectivity index (χ3n) is 6.65. The van der Waals surface area contributed by atoms with E-state index in [1.807, 2.05) is 53.2 Å². The first-order chi connectivity index (χ1) is 19.1. The van der Waals surface area contributed by atoms with Gasteiger partial charge < -0.3 is 24.5 Å². The van der Waals surface area contributed by atoms with Crippen LogP contribution in [0.5, 0.6) is 11.5 Å². The van der Waals surface area contributed by atoms with Crippen LogP contribution in [0.2, 0.25) is 0 Å². The van der Waals surface area contributed by atoms with Crippen LogP contribution in [0.15, 0.2) is 67.4 Å². The Hall–Kier alpha value is -5.01. The third-order valence-corrected chi connectivity index (χ3v) is 6.65. The Morgan fingerprint density at radius 1 is 1.08 bits per heavy atom. The van der Waals surface area contributed by atoms with Crippen molar-refractivity contribution in [2.24, 2.45) is 0 Å². The molecule has 0 saturated carbocycles. The summed E-state index contributed by atoms with van der Waals surface area (Å²) in [6.45, 7) is 1.15. The first-order valence-electron chi connectivity index (χ1n) is 12.4. The van der Waals surface area contributed by atoms with Crippen LogP contribution in [0, 0.1) is 11.8 Å². The van der Waals surface area contributed by atoms with Crippen molar-refractivity contribution in [1.29, 1.82) is 0 Å². The summed E-state index contributed by atoms with van der Waals surface area (Å²) in [5.41, 5.74) is 2.42. The SMILES string of the molecule is COc1ccc(CNc2ncnc3cnc(-c4cccc(C#CC5(O)CCn6ccnc65)c4)nc23)c(OC)c1. The van der Waals surface area contributed by atoms with E-state index in [1.165, 1.54) is 6.33 Å². The molecule has 2 aromatic carbocycles. The molecule has 1 aliphatic heterocycles. The van der Waals surface area contributed by atoms with Gasteiger partial charge >= 0.3 is 0 Å². The molecule has 2 N–H and O–H groups in total. The van der Waals surface area contributed by atoms with Gasteiger partial charge in [-0.2, -0.15) is 0 Å². The van der Waals surface area contributed by atoms with E-state index in [-0.39, 0.29) is 0 Å². The highest BCUT2D eigenvalue weighted by molar-refractivity contribution is 5.85. The van der Waals surface area contributed by atoms with E-state index in [2.05, 4.69) is 37.1 Å². The summed E-state index contributed by atoms with van der Waals surface area (Å²) >= 11 is 0. The second kappa shape index (κ2) is 10.0. The number of rotatable bonds is 6. The maximum Gasteiger partial charge on any atom is 0.185 e. The minimum absolute atomic E-state index is 0.463. The van der Waals surface area contributed by atoms with Crippen molar-refractivity contribution in [3.8, 4) is 34.7 Å². The second-order valence-electron chi connectivity index (χ2n) is 9.07. The fourth-order valence-electron chi connectivity index (χ4n) is 4.58. The highest BCUT2D eigenvalue weighted by Crippen LogP contribution is 2.31. The quantitative estimate of drug-likeness (QED) is 0.325. The van der Waals surface area contributed by atoms with Crippen molar-refractivity contribution in [2.45, 2.75) is 25.1 Å². The average molecular weight is 520 g/mol. The van der Waals surface area contributed by atoms with Gasteiger partial charge in [0.15, 0.2) is 23.1 Å². The van der Waals surface area contributed by atoms with Crippen LogP contribution in [0.1, 0.15) is 23.4 Å². The predicted octanol–water partition coefficient (Wildman–Crippen LogP) is 3.56. The lowest BCUT2D eigenvalue weighted by Crippen LogP contribution is -2.20.